The third-order valence-corrected chi connectivity index (χ3v) is 7.72. The fourth-order valence-electron chi connectivity index (χ4n) is 5.47. The highest BCUT2D eigenvalue weighted by atomic mass is 16.3. The lowest BCUT2D eigenvalue weighted by Crippen LogP contribution is -2.30. The van der Waals surface area contributed by atoms with Crippen molar-refractivity contribution in [1.82, 2.24) is 0 Å². The summed E-state index contributed by atoms with van der Waals surface area (Å²) in [6.07, 6.45) is 6.16. The zero-order valence-electron chi connectivity index (χ0n) is 21.0. The molecule has 0 atom stereocenters. The first-order chi connectivity index (χ1) is 16.2. The summed E-state index contributed by atoms with van der Waals surface area (Å²) in [6, 6.07) is 21.8. The average molecular weight is 436 g/mol. The SMILES string of the molecule is [2H]C1(c2ccc3cc4c(cc3c2)oc2c[n+](C)c(-c3ccccc3C)cc24)CCC(C)(C)CC1. The molecule has 0 spiro atoms. The zero-order valence-corrected chi connectivity index (χ0v) is 20.0. The molecular weight excluding hydrogens is 402 g/mol. The molecule has 33 heavy (non-hydrogen) atoms. The van der Waals surface area contributed by atoms with Gasteiger partial charge in [0.2, 0.25) is 11.9 Å². The van der Waals surface area contributed by atoms with E-state index in [2.05, 4.69) is 99.2 Å². The standard InChI is InChI=1S/C31H32NO/c1-20-7-5-6-8-25(20)28-18-27-26-16-23-10-9-22(21-11-13-31(2,3)14-12-21)15-24(23)17-29(26)33-30(27)19-32(28)4/h5-10,15-19,21H,11-14H2,1-4H3/q+1/i21D. The molecule has 0 amide bonds. The minimum Gasteiger partial charge on any atom is -0.450 e. The number of furan rings is 1. The number of hydrogen-bond acceptors (Lipinski definition) is 1. The van der Waals surface area contributed by atoms with Crippen LogP contribution in [0.15, 0.2) is 71.3 Å². The average Bonchev–Trinajstić information content (AvgIpc) is 3.15. The molecule has 5 aromatic rings. The van der Waals surface area contributed by atoms with Crippen molar-refractivity contribution in [3.05, 3.63) is 78.0 Å². The lowest BCUT2D eigenvalue weighted by atomic mass is 9.71. The number of fused-ring (bicyclic) bond motifs is 4. The third-order valence-electron chi connectivity index (χ3n) is 7.72. The summed E-state index contributed by atoms with van der Waals surface area (Å²) in [5.41, 5.74) is 6.98. The van der Waals surface area contributed by atoms with E-state index in [0.29, 0.717) is 5.41 Å². The van der Waals surface area contributed by atoms with Gasteiger partial charge in [0, 0.05) is 23.8 Å². The van der Waals surface area contributed by atoms with E-state index < -0.39 is 5.89 Å². The number of pyridine rings is 1. The quantitative estimate of drug-likeness (QED) is 0.255. The highest BCUT2D eigenvalue weighted by Crippen LogP contribution is 2.43. The molecule has 2 aromatic heterocycles. The minimum absolute atomic E-state index is 0.356. The van der Waals surface area contributed by atoms with Crippen LogP contribution in [0.2, 0.25) is 0 Å². The van der Waals surface area contributed by atoms with Crippen molar-refractivity contribution in [3.63, 3.8) is 0 Å². The van der Waals surface area contributed by atoms with Crippen molar-refractivity contribution in [2.75, 3.05) is 0 Å². The molecular formula is C31H32NO+. The van der Waals surface area contributed by atoms with E-state index in [-0.39, 0.29) is 0 Å². The monoisotopic (exact) mass is 435 g/mol. The summed E-state index contributed by atoms with van der Waals surface area (Å²) in [5, 5.41) is 4.64. The number of aryl methyl sites for hydroxylation is 2. The topological polar surface area (TPSA) is 17.0 Å². The molecule has 0 unspecified atom stereocenters. The molecule has 0 bridgehead atoms. The normalized spacial score (nSPS) is 18.1. The van der Waals surface area contributed by atoms with Crippen LogP contribution in [0.25, 0.3) is 44.0 Å². The lowest BCUT2D eigenvalue weighted by molar-refractivity contribution is -0.659. The molecule has 0 N–H and O–H groups in total. The maximum absolute atomic E-state index is 9.18. The van der Waals surface area contributed by atoms with Crippen LogP contribution in [0.5, 0.6) is 0 Å². The van der Waals surface area contributed by atoms with E-state index in [0.717, 1.165) is 58.6 Å². The smallest absolute Gasteiger partial charge is 0.213 e. The molecule has 1 aliphatic carbocycles. The second-order valence-corrected chi connectivity index (χ2v) is 10.6. The second-order valence-electron chi connectivity index (χ2n) is 10.6. The molecule has 1 fully saturated rings. The van der Waals surface area contributed by atoms with Crippen LogP contribution >= 0.6 is 0 Å². The van der Waals surface area contributed by atoms with Crippen molar-refractivity contribution in [1.29, 1.82) is 0 Å². The Balaban J connectivity index is 1.48. The number of rotatable bonds is 2. The first-order valence-electron chi connectivity index (χ1n) is 12.6. The predicted molar refractivity (Wildman–Crippen MR) is 138 cm³/mol. The van der Waals surface area contributed by atoms with Crippen molar-refractivity contribution < 1.29 is 10.4 Å². The summed E-state index contributed by atoms with van der Waals surface area (Å²) in [5.74, 6) is -0.483. The van der Waals surface area contributed by atoms with E-state index in [1.807, 2.05) is 0 Å². The maximum atomic E-state index is 9.18. The summed E-state index contributed by atoms with van der Waals surface area (Å²) in [4.78, 5) is 0. The molecule has 3 aromatic carbocycles. The van der Waals surface area contributed by atoms with Gasteiger partial charge in [0.25, 0.3) is 0 Å². The maximum Gasteiger partial charge on any atom is 0.213 e. The van der Waals surface area contributed by atoms with Crippen LogP contribution in [0.4, 0.5) is 0 Å². The van der Waals surface area contributed by atoms with Crippen LogP contribution in [0, 0.1) is 12.3 Å². The summed E-state index contributed by atoms with van der Waals surface area (Å²) >= 11 is 0. The molecule has 0 saturated heterocycles. The molecule has 2 heterocycles. The van der Waals surface area contributed by atoms with Gasteiger partial charge in [-0.05, 0) is 84.0 Å². The summed E-state index contributed by atoms with van der Waals surface area (Å²) < 4.78 is 17.7. The van der Waals surface area contributed by atoms with Crippen LogP contribution in [-0.4, -0.2) is 0 Å². The minimum atomic E-state index is -0.483. The van der Waals surface area contributed by atoms with Gasteiger partial charge in [-0.25, -0.2) is 0 Å². The van der Waals surface area contributed by atoms with E-state index >= 15 is 0 Å². The second kappa shape index (κ2) is 7.45. The Morgan fingerprint density at radius 3 is 2.45 bits per heavy atom. The fraction of sp³-hybridized carbons (Fsp3) is 0.323. The molecule has 1 saturated carbocycles. The van der Waals surface area contributed by atoms with Gasteiger partial charge in [0.15, 0.2) is 5.58 Å². The van der Waals surface area contributed by atoms with Crippen molar-refractivity contribution in [2.45, 2.75) is 52.3 Å². The molecule has 166 valence electrons. The van der Waals surface area contributed by atoms with Crippen LogP contribution in [0.3, 0.4) is 0 Å². The lowest BCUT2D eigenvalue weighted by Gasteiger charge is -2.34. The first-order valence-corrected chi connectivity index (χ1v) is 12.1. The third kappa shape index (κ3) is 3.53. The molecule has 2 nitrogen and oxygen atoms in total. The number of nitrogens with zero attached hydrogens (tertiary/aromatic N) is 1. The molecule has 1 aliphatic rings. The van der Waals surface area contributed by atoms with Crippen LogP contribution < -0.4 is 4.57 Å². The number of aromatic nitrogens is 1. The molecule has 2 heteroatoms. The highest BCUT2D eigenvalue weighted by Gasteiger charge is 2.27. The number of hydrogen-bond donors (Lipinski definition) is 0. The van der Waals surface area contributed by atoms with Crippen LogP contribution in [-0.2, 0) is 7.05 Å². The largest absolute Gasteiger partial charge is 0.450 e. The van der Waals surface area contributed by atoms with E-state index in [9.17, 15) is 1.37 Å². The Kier molecular flexibility index (Phi) is 4.37. The van der Waals surface area contributed by atoms with Gasteiger partial charge in [0.1, 0.15) is 12.6 Å². The van der Waals surface area contributed by atoms with Gasteiger partial charge in [0.05, 0.1) is 0 Å². The van der Waals surface area contributed by atoms with Crippen LogP contribution in [0.1, 0.15) is 57.9 Å². The number of benzene rings is 3. The fourth-order valence-corrected chi connectivity index (χ4v) is 5.47. The van der Waals surface area contributed by atoms with E-state index in [1.54, 1.807) is 0 Å². The first kappa shape index (κ1) is 19.3. The summed E-state index contributed by atoms with van der Waals surface area (Å²) in [7, 11) is 2.08. The van der Waals surface area contributed by atoms with Gasteiger partial charge in [-0.1, -0.05) is 50.2 Å². The Labute approximate surface area is 197 Å². The molecule has 6 rings (SSSR count). The van der Waals surface area contributed by atoms with Gasteiger partial charge in [-0.15, -0.1) is 0 Å². The summed E-state index contributed by atoms with van der Waals surface area (Å²) in [6.45, 7) is 6.82. The Hall–Kier alpha value is -3.13. The molecule has 0 radical (unpaired) electrons. The van der Waals surface area contributed by atoms with Crippen molar-refractivity contribution in [2.24, 2.45) is 12.5 Å². The Bertz CT molecular complexity index is 1570. The van der Waals surface area contributed by atoms with Crippen molar-refractivity contribution >= 4 is 32.7 Å². The van der Waals surface area contributed by atoms with Gasteiger partial charge < -0.3 is 4.42 Å². The van der Waals surface area contributed by atoms with E-state index in [1.165, 1.54) is 22.2 Å². The van der Waals surface area contributed by atoms with Gasteiger partial charge in [-0.3, -0.25) is 0 Å². The van der Waals surface area contributed by atoms with E-state index in [4.69, 9.17) is 4.42 Å². The Morgan fingerprint density at radius 2 is 1.67 bits per heavy atom. The Morgan fingerprint density at radius 1 is 0.909 bits per heavy atom. The predicted octanol–water partition coefficient (Wildman–Crippen LogP) is 8.22. The zero-order chi connectivity index (χ0) is 23.7. The highest BCUT2D eigenvalue weighted by molar-refractivity contribution is 6.10. The van der Waals surface area contributed by atoms with Gasteiger partial charge in [-0.2, -0.15) is 4.57 Å². The molecule has 0 aliphatic heterocycles. The van der Waals surface area contributed by atoms with Crippen molar-refractivity contribution in [3.8, 4) is 11.3 Å². The van der Waals surface area contributed by atoms with Gasteiger partial charge >= 0.3 is 0 Å².